The van der Waals surface area contributed by atoms with Crippen LogP contribution in [-0.4, -0.2) is 20.7 Å². The number of aryl methyl sites for hydroxylation is 3. The Kier molecular flexibility index (Phi) is 6.52. The lowest BCUT2D eigenvalue weighted by Crippen LogP contribution is -2.16. The smallest absolute Gasteiger partial charge is 0.230 e. The fourth-order valence-corrected chi connectivity index (χ4v) is 4.32. The number of benzene rings is 1. The van der Waals surface area contributed by atoms with Crippen LogP contribution < -0.4 is 5.32 Å². The maximum absolute atomic E-state index is 12.5. The Hall–Kier alpha value is -2.47. The molecule has 1 aromatic carbocycles. The van der Waals surface area contributed by atoms with Crippen LogP contribution in [0.2, 0.25) is 0 Å². The topological polar surface area (TPSA) is 59.8 Å². The number of nitrogens with zero attached hydrogens (tertiary/aromatic N) is 3. The van der Waals surface area contributed by atoms with Crippen molar-refractivity contribution in [3.63, 3.8) is 0 Å². The second-order valence-corrected chi connectivity index (χ2v) is 8.94. The van der Waals surface area contributed by atoms with Gasteiger partial charge in [0.25, 0.3) is 0 Å². The number of aromatic nitrogens is 3. The third-order valence-corrected chi connectivity index (χ3v) is 6.09. The van der Waals surface area contributed by atoms with Gasteiger partial charge in [-0.05, 0) is 63.1 Å². The molecule has 0 aliphatic rings. The van der Waals surface area contributed by atoms with E-state index in [0.717, 1.165) is 51.9 Å². The number of para-hydroxylation sites is 1. The Morgan fingerprint density at radius 1 is 1.17 bits per heavy atom. The molecule has 5 nitrogen and oxygen atoms in total. The number of anilines is 1. The molecule has 0 saturated heterocycles. The third-order valence-electron chi connectivity index (χ3n) is 5.22. The van der Waals surface area contributed by atoms with Crippen LogP contribution in [-0.2, 0) is 17.6 Å². The number of hydrogen-bond donors (Lipinski definition) is 1. The molecule has 1 amide bonds. The van der Waals surface area contributed by atoms with Crippen molar-refractivity contribution in [3.8, 4) is 5.13 Å². The lowest BCUT2D eigenvalue weighted by Gasteiger charge is -2.10. The van der Waals surface area contributed by atoms with Gasteiger partial charge in [0.2, 0.25) is 11.0 Å². The van der Waals surface area contributed by atoms with Crippen molar-refractivity contribution in [2.24, 2.45) is 5.92 Å². The largest absolute Gasteiger partial charge is 0.325 e. The Morgan fingerprint density at radius 2 is 1.86 bits per heavy atom. The van der Waals surface area contributed by atoms with Crippen LogP contribution in [0, 0.1) is 33.6 Å². The second kappa shape index (κ2) is 8.91. The van der Waals surface area contributed by atoms with Crippen LogP contribution in [0.4, 0.5) is 5.69 Å². The molecule has 3 rings (SSSR count). The van der Waals surface area contributed by atoms with Gasteiger partial charge in [0.15, 0.2) is 0 Å². The van der Waals surface area contributed by atoms with Crippen molar-refractivity contribution >= 4 is 22.9 Å². The summed E-state index contributed by atoms with van der Waals surface area (Å²) in [7, 11) is 0. The molecule has 0 saturated carbocycles. The number of hydrogen-bond acceptors (Lipinski definition) is 4. The summed E-state index contributed by atoms with van der Waals surface area (Å²) in [4.78, 5) is 17.2. The van der Waals surface area contributed by atoms with Gasteiger partial charge in [-0.15, -0.1) is 11.3 Å². The van der Waals surface area contributed by atoms with E-state index in [0.29, 0.717) is 5.92 Å². The van der Waals surface area contributed by atoms with Crippen LogP contribution >= 0.6 is 11.3 Å². The zero-order valence-corrected chi connectivity index (χ0v) is 19.0. The van der Waals surface area contributed by atoms with E-state index in [9.17, 15) is 4.79 Å². The molecular formula is C23H30N4OS. The van der Waals surface area contributed by atoms with Gasteiger partial charge in [-0.2, -0.15) is 5.10 Å². The number of thiazole rings is 1. The van der Waals surface area contributed by atoms with Gasteiger partial charge in [0.1, 0.15) is 0 Å². The summed E-state index contributed by atoms with van der Waals surface area (Å²) in [6.07, 6.45) is 2.44. The Labute approximate surface area is 177 Å². The van der Waals surface area contributed by atoms with Gasteiger partial charge in [-0.3, -0.25) is 4.79 Å². The van der Waals surface area contributed by atoms with Crippen molar-refractivity contribution in [2.45, 2.75) is 60.8 Å². The monoisotopic (exact) mass is 410 g/mol. The molecule has 1 N–H and O–H groups in total. The highest BCUT2D eigenvalue weighted by Gasteiger charge is 2.16. The Morgan fingerprint density at radius 3 is 2.52 bits per heavy atom. The molecular weight excluding hydrogens is 380 g/mol. The molecule has 0 fully saturated rings. The predicted molar refractivity (Wildman–Crippen MR) is 120 cm³/mol. The Bertz CT molecular complexity index is 996. The fourth-order valence-electron chi connectivity index (χ4n) is 3.49. The van der Waals surface area contributed by atoms with Gasteiger partial charge in [-0.25, -0.2) is 9.67 Å². The van der Waals surface area contributed by atoms with Crippen LogP contribution in [0.25, 0.3) is 5.13 Å². The summed E-state index contributed by atoms with van der Waals surface area (Å²) in [5.41, 5.74) is 7.30. The molecule has 0 radical (unpaired) electrons. The van der Waals surface area contributed by atoms with Gasteiger partial charge < -0.3 is 5.32 Å². The quantitative estimate of drug-likeness (QED) is 0.572. The zero-order chi connectivity index (χ0) is 21.1. The van der Waals surface area contributed by atoms with Gasteiger partial charge >= 0.3 is 0 Å². The summed E-state index contributed by atoms with van der Waals surface area (Å²) < 4.78 is 1.92. The highest BCUT2D eigenvalue weighted by Crippen LogP contribution is 2.24. The minimum Gasteiger partial charge on any atom is -0.325 e. The van der Waals surface area contributed by atoms with Gasteiger partial charge in [0, 0.05) is 16.8 Å². The lowest BCUT2D eigenvalue weighted by molar-refractivity contribution is -0.115. The molecule has 2 aromatic heterocycles. The molecule has 0 atom stereocenters. The first kappa shape index (κ1) is 21.2. The first-order chi connectivity index (χ1) is 13.8. The minimum absolute atomic E-state index is 0.0507. The van der Waals surface area contributed by atoms with E-state index in [-0.39, 0.29) is 12.3 Å². The van der Waals surface area contributed by atoms with E-state index in [4.69, 9.17) is 5.10 Å². The highest BCUT2D eigenvalue weighted by atomic mass is 32.1. The summed E-state index contributed by atoms with van der Waals surface area (Å²) in [6.45, 7) is 12.7. The molecule has 2 heterocycles. The van der Waals surface area contributed by atoms with E-state index in [1.807, 2.05) is 42.1 Å². The van der Waals surface area contributed by atoms with Crippen molar-refractivity contribution in [3.05, 3.63) is 57.4 Å². The summed E-state index contributed by atoms with van der Waals surface area (Å²) in [6, 6.07) is 6.00. The fraction of sp³-hybridized carbons (Fsp3) is 0.435. The lowest BCUT2D eigenvalue weighted by atomic mass is 10.0. The second-order valence-electron chi connectivity index (χ2n) is 8.11. The number of amides is 1. The molecule has 0 bridgehead atoms. The SMILES string of the molecule is Cc1cccc(C)c1NC(=O)Cc1csc(-n2nc(C)c(CCC(C)C)c2C)n1. The van der Waals surface area contributed by atoms with Crippen molar-refractivity contribution < 1.29 is 4.79 Å². The number of carbonyl (C=O) groups is 1. The summed E-state index contributed by atoms with van der Waals surface area (Å²) >= 11 is 1.53. The van der Waals surface area contributed by atoms with E-state index < -0.39 is 0 Å². The van der Waals surface area contributed by atoms with E-state index >= 15 is 0 Å². The molecule has 0 aliphatic carbocycles. The zero-order valence-electron chi connectivity index (χ0n) is 18.2. The van der Waals surface area contributed by atoms with Crippen LogP contribution in [0.1, 0.15) is 54.0 Å². The first-order valence-electron chi connectivity index (χ1n) is 10.1. The maximum Gasteiger partial charge on any atom is 0.230 e. The van der Waals surface area contributed by atoms with Crippen LogP contribution in [0.5, 0.6) is 0 Å². The molecule has 0 spiro atoms. The van der Waals surface area contributed by atoms with Gasteiger partial charge in [-0.1, -0.05) is 32.0 Å². The number of rotatable bonds is 7. The molecule has 0 aliphatic heterocycles. The summed E-state index contributed by atoms with van der Waals surface area (Å²) in [5.74, 6) is 0.615. The van der Waals surface area contributed by atoms with E-state index in [1.165, 1.54) is 16.9 Å². The molecule has 0 unspecified atom stereocenters. The van der Waals surface area contributed by atoms with E-state index in [2.05, 4.69) is 38.0 Å². The normalized spacial score (nSPS) is 11.3. The average molecular weight is 411 g/mol. The van der Waals surface area contributed by atoms with Crippen LogP contribution in [0.3, 0.4) is 0 Å². The summed E-state index contributed by atoms with van der Waals surface area (Å²) in [5, 5.41) is 10.5. The van der Waals surface area contributed by atoms with E-state index in [1.54, 1.807) is 0 Å². The number of carbonyl (C=O) groups excluding carboxylic acids is 1. The van der Waals surface area contributed by atoms with Gasteiger partial charge in [0.05, 0.1) is 17.8 Å². The predicted octanol–water partition coefficient (Wildman–Crippen LogP) is 5.33. The number of nitrogens with one attached hydrogen (secondary N) is 1. The Balaban J connectivity index is 1.73. The standard InChI is InChI=1S/C23H30N4OS/c1-14(2)10-11-20-17(5)26-27(18(20)6)23-24-19(13-29-23)12-21(28)25-22-15(3)8-7-9-16(22)4/h7-9,13-14H,10-12H2,1-6H3,(H,25,28). The average Bonchev–Trinajstić information content (AvgIpc) is 3.21. The maximum atomic E-state index is 12.5. The third kappa shape index (κ3) is 4.93. The molecule has 6 heteroatoms. The van der Waals surface area contributed by atoms with Crippen molar-refractivity contribution in [2.75, 3.05) is 5.32 Å². The molecule has 29 heavy (non-hydrogen) atoms. The molecule has 3 aromatic rings. The van der Waals surface area contributed by atoms with Crippen molar-refractivity contribution in [1.82, 2.24) is 14.8 Å². The van der Waals surface area contributed by atoms with Crippen molar-refractivity contribution in [1.29, 1.82) is 0 Å². The van der Waals surface area contributed by atoms with Crippen LogP contribution in [0.15, 0.2) is 23.6 Å². The minimum atomic E-state index is -0.0507. The first-order valence-corrected chi connectivity index (χ1v) is 11.0. The highest BCUT2D eigenvalue weighted by molar-refractivity contribution is 7.12. The molecule has 154 valence electrons.